The Labute approximate surface area is 365 Å². The van der Waals surface area contributed by atoms with Crippen molar-refractivity contribution in [3.05, 3.63) is 163 Å². The lowest BCUT2D eigenvalue weighted by molar-refractivity contribution is 0.0696. The van der Waals surface area contributed by atoms with Crippen LogP contribution in [0.4, 0.5) is 11.6 Å². The van der Waals surface area contributed by atoms with Crippen LogP contribution < -0.4 is 22.5 Å². The average molecular weight is 880 g/mol. The minimum Gasteiger partial charge on any atom is -0.478 e. The van der Waals surface area contributed by atoms with Gasteiger partial charge in [0.25, 0.3) is 5.91 Å². The minimum absolute atomic E-state index is 0.174. The van der Waals surface area contributed by atoms with Crippen LogP contribution in [0.2, 0.25) is 15.1 Å². The van der Waals surface area contributed by atoms with E-state index in [0.717, 1.165) is 55.6 Å². The Morgan fingerprint density at radius 1 is 0.689 bits per heavy atom. The van der Waals surface area contributed by atoms with Gasteiger partial charge in [0.2, 0.25) is 0 Å². The van der Waals surface area contributed by atoms with Gasteiger partial charge in [0.05, 0.1) is 46.1 Å². The van der Waals surface area contributed by atoms with Gasteiger partial charge in [0.1, 0.15) is 11.6 Å². The fourth-order valence-corrected chi connectivity index (χ4v) is 7.03. The Balaban J connectivity index is 0.000000172. The van der Waals surface area contributed by atoms with Crippen LogP contribution in [0.3, 0.4) is 0 Å². The second-order valence-electron chi connectivity index (χ2n) is 13.8. The van der Waals surface area contributed by atoms with Gasteiger partial charge in [-0.3, -0.25) is 24.1 Å². The normalized spacial score (nSPS) is 10.8. The van der Waals surface area contributed by atoms with Gasteiger partial charge in [-0.15, -0.1) is 0 Å². The second-order valence-corrected chi connectivity index (χ2v) is 15.1. The highest BCUT2D eigenvalue weighted by Gasteiger charge is 2.12. The molecule has 0 aliphatic carbocycles. The van der Waals surface area contributed by atoms with Gasteiger partial charge in [-0.25, -0.2) is 14.8 Å². The molecule has 0 aliphatic rings. The summed E-state index contributed by atoms with van der Waals surface area (Å²) in [5, 5.41) is 24.6. The number of nitrogen functional groups attached to an aromatic ring is 2. The van der Waals surface area contributed by atoms with E-state index >= 15 is 0 Å². The van der Waals surface area contributed by atoms with Crippen LogP contribution in [-0.4, -0.2) is 56.5 Å². The number of carbonyl (C=O) groups excluding carboxylic acids is 1. The van der Waals surface area contributed by atoms with Gasteiger partial charge >= 0.3 is 5.97 Å². The molecule has 0 bridgehead atoms. The standard InChI is InChI=1S/C22H21ClN6O.C14H10ClN3O2.C7H10ClN3/c1-13-7-21(24)27-14(2)19(13)10-26-22(30)15-5-6-25-18(9-15)12-29-11-16-8-17(23)3-4-20(16)28-29;15-11-1-2-13-10(5-11)7-18(17-13)8-12-6-9(14(19)20)3-4-16-12;1-4-5(3-9)6(8)2-7(10)11-4/h3-9,11H,10,12H2,1-2H3,(H2,24,27)(H,26,30);1-7H,8H2,(H,19,20);2H,3,9H2,1H3,(H2,10,11). The summed E-state index contributed by atoms with van der Waals surface area (Å²) in [4.78, 5) is 40.4. The molecule has 1 amide bonds. The number of amides is 1. The number of carbonyl (C=O) groups is 2. The molecule has 0 fully saturated rings. The first-order valence-corrected chi connectivity index (χ1v) is 19.8. The third-order valence-electron chi connectivity index (χ3n) is 9.32. The first kappa shape index (κ1) is 43.9. The van der Waals surface area contributed by atoms with Crippen molar-refractivity contribution in [3.63, 3.8) is 0 Å². The third-order valence-corrected chi connectivity index (χ3v) is 10.1. The Hall–Kier alpha value is -6.65. The van der Waals surface area contributed by atoms with Gasteiger partial charge in [0.15, 0.2) is 0 Å². The van der Waals surface area contributed by atoms with E-state index in [9.17, 15) is 9.59 Å². The molecule has 0 unspecified atom stereocenters. The Kier molecular flexibility index (Phi) is 14.1. The van der Waals surface area contributed by atoms with E-state index in [1.54, 1.807) is 52.0 Å². The SMILES string of the molecule is Cc1cc(N)nc(C)c1CNC(=O)c1ccnc(Cn2cc3cc(Cl)ccc3n2)c1.Cc1nc(N)cc(Cl)c1CN.O=C(O)c1ccnc(Cn2cc3cc(Cl)ccc3n2)c1. The topological polar surface area (TPSA) is 232 Å². The molecule has 8 rings (SSSR count). The first-order valence-electron chi connectivity index (χ1n) is 18.7. The van der Waals surface area contributed by atoms with Crippen LogP contribution >= 0.6 is 34.8 Å². The van der Waals surface area contributed by atoms with Crippen LogP contribution in [0, 0.1) is 20.8 Å². The van der Waals surface area contributed by atoms with Gasteiger partial charge in [-0.2, -0.15) is 10.2 Å². The highest BCUT2D eigenvalue weighted by atomic mass is 35.5. The van der Waals surface area contributed by atoms with E-state index in [1.807, 2.05) is 63.5 Å². The number of benzene rings is 2. The number of halogens is 3. The largest absolute Gasteiger partial charge is 0.478 e. The zero-order valence-corrected chi connectivity index (χ0v) is 35.5. The number of nitrogens with one attached hydrogen (secondary N) is 1. The number of nitrogens with zero attached hydrogens (tertiary/aromatic N) is 8. The summed E-state index contributed by atoms with van der Waals surface area (Å²) in [5.74, 6) is -0.227. The van der Waals surface area contributed by atoms with Crippen molar-refractivity contribution in [2.45, 2.75) is 47.0 Å². The Morgan fingerprint density at radius 3 is 1.70 bits per heavy atom. The highest BCUT2D eigenvalue weighted by Crippen LogP contribution is 2.21. The molecule has 18 heteroatoms. The molecule has 0 spiro atoms. The summed E-state index contributed by atoms with van der Waals surface area (Å²) in [6, 6.07) is 20.9. The van der Waals surface area contributed by atoms with Crippen LogP contribution in [0.15, 0.2) is 97.6 Å². The number of carboxylic acid groups (broad SMARTS) is 1. The molecule has 0 saturated heterocycles. The molecule has 8 aromatic rings. The lowest BCUT2D eigenvalue weighted by Crippen LogP contribution is -2.24. The summed E-state index contributed by atoms with van der Waals surface area (Å²) in [7, 11) is 0. The number of aromatic carboxylic acids is 1. The quantitative estimate of drug-likeness (QED) is 0.0945. The maximum Gasteiger partial charge on any atom is 0.335 e. The predicted molar refractivity (Wildman–Crippen MR) is 239 cm³/mol. The van der Waals surface area contributed by atoms with E-state index in [0.29, 0.717) is 64.1 Å². The molecular formula is C43H41Cl3N12O3. The molecular weight excluding hydrogens is 839 g/mol. The summed E-state index contributed by atoms with van der Waals surface area (Å²) in [6.45, 7) is 7.32. The Morgan fingerprint density at radius 2 is 1.20 bits per heavy atom. The van der Waals surface area contributed by atoms with E-state index in [2.05, 4.69) is 35.5 Å². The van der Waals surface area contributed by atoms with Crippen molar-refractivity contribution in [3.8, 4) is 0 Å². The van der Waals surface area contributed by atoms with Gasteiger partial charge in [-0.05, 0) is 105 Å². The van der Waals surface area contributed by atoms with Crippen molar-refractivity contribution in [2.75, 3.05) is 11.5 Å². The smallest absolute Gasteiger partial charge is 0.335 e. The van der Waals surface area contributed by atoms with Crippen LogP contribution in [0.5, 0.6) is 0 Å². The molecule has 8 N–H and O–H groups in total. The van der Waals surface area contributed by atoms with Crippen molar-refractivity contribution in [1.29, 1.82) is 0 Å². The number of aryl methyl sites for hydroxylation is 3. The number of aromatic nitrogens is 8. The maximum atomic E-state index is 12.7. The number of hydrogen-bond acceptors (Lipinski definition) is 11. The number of carboxylic acids is 1. The fraction of sp³-hybridized carbons (Fsp3) is 0.163. The van der Waals surface area contributed by atoms with Crippen molar-refractivity contribution < 1.29 is 14.7 Å². The molecule has 0 atom stereocenters. The van der Waals surface area contributed by atoms with E-state index in [1.165, 1.54) is 12.3 Å². The molecule has 0 aliphatic heterocycles. The number of anilines is 2. The molecule has 312 valence electrons. The zero-order valence-electron chi connectivity index (χ0n) is 33.3. The molecule has 0 saturated carbocycles. The monoisotopic (exact) mass is 878 g/mol. The highest BCUT2D eigenvalue weighted by molar-refractivity contribution is 6.32. The van der Waals surface area contributed by atoms with Gasteiger partial charge in [0, 0.05) is 81.2 Å². The summed E-state index contributed by atoms with van der Waals surface area (Å²) < 4.78 is 3.51. The average Bonchev–Trinajstić information content (AvgIpc) is 3.79. The van der Waals surface area contributed by atoms with Crippen molar-refractivity contribution >= 4 is 80.1 Å². The van der Waals surface area contributed by atoms with Crippen LogP contribution in [0.1, 0.15) is 60.2 Å². The summed E-state index contributed by atoms with van der Waals surface area (Å²) >= 11 is 17.8. The van der Waals surface area contributed by atoms with Crippen molar-refractivity contribution in [2.24, 2.45) is 5.73 Å². The van der Waals surface area contributed by atoms with E-state index < -0.39 is 5.97 Å². The van der Waals surface area contributed by atoms with E-state index in [-0.39, 0.29) is 11.5 Å². The van der Waals surface area contributed by atoms with Gasteiger partial charge in [-0.1, -0.05) is 34.8 Å². The zero-order chi connectivity index (χ0) is 43.8. The van der Waals surface area contributed by atoms with Crippen molar-refractivity contribution in [1.82, 2.24) is 44.8 Å². The predicted octanol–water partition coefficient (Wildman–Crippen LogP) is 7.57. The lowest BCUT2D eigenvalue weighted by Gasteiger charge is -2.12. The van der Waals surface area contributed by atoms with Gasteiger partial charge < -0.3 is 27.6 Å². The molecule has 6 heterocycles. The number of rotatable bonds is 9. The minimum atomic E-state index is -0.967. The number of pyridine rings is 4. The van der Waals surface area contributed by atoms with Crippen LogP contribution in [-0.2, 0) is 26.2 Å². The molecule has 15 nitrogen and oxygen atoms in total. The molecule has 61 heavy (non-hydrogen) atoms. The second kappa shape index (κ2) is 19.6. The molecule has 0 radical (unpaired) electrons. The number of fused-ring (bicyclic) bond motifs is 2. The van der Waals surface area contributed by atoms with Crippen LogP contribution in [0.25, 0.3) is 21.8 Å². The Bertz CT molecular complexity index is 2830. The summed E-state index contributed by atoms with van der Waals surface area (Å²) in [5.41, 5.74) is 24.9. The maximum absolute atomic E-state index is 12.7. The number of nitrogens with two attached hydrogens (primary N) is 3. The van der Waals surface area contributed by atoms with E-state index in [4.69, 9.17) is 57.1 Å². The molecule has 6 aromatic heterocycles. The summed E-state index contributed by atoms with van der Waals surface area (Å²) in [6.07, 6.45) is 6.89. The fourth-order valence-electron chi connectivity index (χ4n) is 6.35. The lowest BCUT2D eigenvalue weighted by atomic mass is 10.1. The third kappa shape index (κ3) is 11.6. The number of hydrogen-bond donors (Lipinski definition) is 5. The molecule has 2 aromatic carbocycles. The first-order chi connectivity index (χ1) is 29.1.